The molecule has 2 N–H and O–H groups in total. The van der Waals surface area contributed by atoms with Gasteiger partial charge in [-0.2, -0.15) is 18.4 Å². The van der Waals surface area contributed by atoms with Gasteiger partial charge in [-0.25, -0.2) is 0 Å². The Hall–Kier alpha value is -2.55. The van der Waals surface area contributed by atoms with E-state index in [9.17, 15) is 13.2 Å². The van der Waals surface area contributed by atoms with Crippen LogP contribution in [0.4, 0.5) is 18.9 Å². The minimum absolute atomic E-state index is 0.0734. The number of hydrogen-bond donors (Lipinski definition) is 1. The van der Waals surface area contributed by atoms with Crippen LogP contribution in [0.25, 0.3) is 11.3 Å². The number of nitrogens with zero attached hydrogens (tertiary/aromatic N) is 2. The maximum absolute atomic E-state index is 12.6. The predicted octanol–water partition coefficient (Wildman–Crippen LogP) is 3.22. The molecule has 19 heavy (non-hydrogen) atoms. The minimum Gasteiger partial charge on any atom is -0.396 e. The summed E-state index contributed by atoms with van der Waals surface area (Å²) in [7, 11) is 0. The summed E-state index contributed by atoms with van der Waals surface area (Å²) in [5, 5.41) is 8.84. The fourth-order valence-electron chi connectivity index (χ4n) is 1.64. The van der Waals surface area contributed by atoms with Crippen LogP contribution in [-0.4, -0.2) is 4.98 Å². The Balaban J connectivity index is 2.58. The molecule has 96 valence electrons. The quantitative estimate of drug-likeness (QED) is 0.859. The molecule has 0 saturated carbocycles. The summed E-state index contributed by atoms with van der Waals surface area (Å²) in [6.07, 6.45) is -3.10. The molecular weight excluding hydrogens is 255 g/mol. The number of rotatable bonds is 1. The average Bonchev–Trinajstić information content (AvgIpc) is 2.38. The van der Waals surface area contributed by atoms with Crippen LogP contribution >= 0.6 is 0 Å². The Morgan fingerprint density at radius 1 is 1.21 bits per heavy atom. The van der Waals surface area contributed by atoms with Gasteiger partial charge in [0.2, 0.25) is 0 Å². The van der Waals surface area contributed by atoms with Gasteiger partial charge in [-0.1, -0.05) is 12.1 Å². The zero-order valence-corrected chi connectivity index (χ0v) is 9.57. The van der Waals surface area contributed by atoms with Gasteiger partial charge in [0.15, 0.2) is 0 Å². The van der Waals surface area contributed by atoms with E-state index < -0.39 is 11.7 Å². The number of pyridine rings is 1. The Morgan fingerprint density at radius 3 is 2.58 bits per heavy atom. The number of aromatic nitrogens is 1. The number of halogens is 3. The van der Waals surface area contributed by atoms with Gasteiger partial charge in [0.05, 0.1) is 22.5 Å². The molecule has 2 aromatic rings. The number of alkyl halides is 3. The van der Waals surface area contributed by atoms with Crippen LogP contribution < -0.4 is 5.73 Å². The summed E-state index contributed by atoms with van der Waals surface area (Å²) in [6, 6.07) is 7.94. The van der Waals surface area contributed by atoms with Gasteiger partial charge in [0, 0.05) is 11.8 Å². The Bertz CT molecular complexity index is 657. The lowest BCUT2D eigenvalue weighted by molar-refractivity contribution is -0.137. The standard InChI is InChI=1S/C13H8F3N3/c14-13(15,16)10-3-1-2-8(6-10)12-11(18)9(7-17)4-5-19-12/h1-6H,18H2. The van der Waals surface area contributed by atoms with Crippen LogP contribution in [-0.2, 0) is 6.18 Å². The molecule has 0 saturated heterocycles. The van der Waals surface area contributed by atoms with Gasteiger partial charge in [0.1, 0.15) is 6.07 Å². The summed E-state index contributed by atoms with van der Waals surface area (Å²) >= 11 is 0. The van der Waals surface area contributed by atoms with Gasteiger partial charge in [-0.3, -0.25) is 4.98 Å². The van der Waals surface area contributed by atoms with E-state index in [0.29, 0.717) is 0 Å². The van der Waals surface area contributed by atoms with Crippen molar-refractivity contribution in [2.45, 2.75) is 6.18 Å². The Morgan fingerprint density at radius 2 is 1.95 bits per heavy atom. The lowest BCUT2D eigenvalue weighted by Gasteiger charge is -2.10. The molecule has 0 aliphatic rings. The molecule has 6 heteroatoms. The third-order valence-corrected chi connectivity index (χ3v) is 2.57. The summed E-state index contributed by atoms with van der Waals surface area (Å²) in [5.74, 6) is 0. The summed E-state index contributed by atoms with van der Waals surface area (Å²) < 4.78 is 37.9. The maximum atomic E-state index is 12.6. The molecule has 1 aromatic carbocycles. The van der Waals surface area contributed by atoms with Crippen molar-refractivity contribution in [3.8, 4) is 17.3 Å². The van der Waals surface area contributed by atoms with Crippen LogP contribution in [0.3, 0.4) is 0 Å². The van der Waals surface area contributed by atoms with Gasteiger partial charge in [-0.05, 0) is 18.2 Å². The Kier molecular flexibility index (Phi) is 3.13. The molecule has 0 amide bonds. The summed E-state index contributed by atoms with van der Waals surface area (Å²) in [4.78, 5) is 3.94. The van der Waals surface area contributed by atoms with E-state index in [2.05, 4.69) is 4.98 Å². The second-order valence-corrected chi connectivity index (χ2v) is 3.81. The van der Waals surface area contributed by atoms with Crippen LogP contribution in [0, 0.1) is 11.3 Å². The molecule has 2 rings (SSSR count). The van der Waals surface area contributed by atoms with Gasteiger partial charge in [-0.15, -0.1) is 0 Å². The minimum atomic E-state index is -4.43. The van der Waals surface area contributed by atoms with E-state index >= 15 is 0 Å². The molecule has 0 atom stereocenters. The van der Waals surface area contributed by atoms with E-state index in [1.54, 1.807) is 0 Å². The molecule has 0 radical (unpaired) electrons. The smallest absolute Gasteiger partial charge is 0.396 e. The molecule has 3 nitrogen and oxygen atoms in total. The van der Waals surface area contributed by atoms with Crippen molar-refractivity contribution in [1.82, 2.24) is 4.98 Å². The third-order valence-electron chi connectivity index (χ3n) is 2.57. The molecule has 1 aromatic heterocycles. The maximum Gasteiger partial charge on any atom is 0.416 e. The highest BCUT2D eigenvalue weighted by Gasteiger charge is 2.30. The monoisotopic (exact) mass is 263 g/mol. The van der Waals surface area contributed by atoms with Gasteiger partial charge in [0.25, 0.3) is 0 Å². The molecule has 0 bridgehead atoms. The third kappa shape index (κ3) is 2.50. The second kappa shape index (κ2) is 4.61. The van der Waals surface area contributed by atoms with Gasteiger partial charge < -0.3 is 5.73 Å². The predicted molar refractivity (Wildman–Crippen MR) is 63.8 cm³/mol. The van der Waals surface area contributed by atoms with Crippen molar-refractivity contribution >= 4 is 5.69 Å². The fourth-order valence-corrected chi connectivity index (χ4v) is 1.64. The second-order valence-electron chi connectivity index (χ2n) is 3.81. The lowest BCUT2D eigenvalue weighted by atomic mass is 10.0. The first-order valence-electron chi connectivity index (χ1n) is 5.25. The first kappa shape index (κ1) is 12.9. The first-order chi connectivity index (χ1) is 8.93. The summed E-state index contributed by atoms with van der Waals surface area (Å²) in [6.45, 7) is 0. The van der Waals surface area contributed by atoms with Crippen molar-refractivity contribution in [3.63, 3.8) is 0 Å². The molecule has 0 fully saturated rings. The number of benzene rings is 1. The van der Waals surface area contributed by atoms with E-state index in [4.69, 9.17) is 11.0 Å². The van der Waals surface area contributed by atoms with Crippen LogP contribution in [0.5, 0.6) is 0 Å². The molecule has 1 heterocycles. The topological polar surface area (TPSA) is 62.7 Å². The number of nitrogen functional groups attached to an aromatic ring is 1. The van der Waals surface area contributed by atoms with Crippen molar-refractivity contribution < 1.29 is 13.2 Å². The highest BCUT2D eigenvalue weighted by molar-refractivity contribution is 5.77. The van der Waals surface area contributed by atoms with Crippen LogP contribution in [0.15, 0.2) is 36.5 Å². The fraction of sp³-hybridized carbons (Fsp3) is 0.0769. The van der Waals surface area contributed by atoms with Crippen LogP contribution in [0.2, 0.25) is 0 Å². The summed E-state index contributed by atoms with van der Waals surface area (Å²) in [5.41, 5.74) is 5.59. The number of nitriles is 1. The lowest BCUT2D eigenvalue weighted by Crippen LogP contribution is -2.05. The molecule has 0 aliphatic carbocycles. The highest BCUT2D eigenvalue weighted by Crippen LogP contribution is 2.33. The Labute approximate surface area is 107 Å². The highest BCUT2D eigenvalue weighted by atomic mass is 19.4. The van der Waals surface area contributed by atoms with Crippen molar-refractivity contribution in [2.24, 2.45) is 0 Å². The molecular formula is C13H8F3N3. The van der Waals surface area contributed by atoms with E-state index in [-0.39, 0.29) is 22.5 Å². The van der Waals surface area contributed by atoms with Crippen LogP contribution in [0.1, 0.15) is 11.1 Å². The molecule has 0 spiro atoms. The zero-order chi connectivity index (χ0) is 14.0. The number of nitrogens with two attached hydrogens (primary N) is 1. The molecule has 0 aliphatic heterocycles. The van der Waals surface area contributed by atoms with Crippen molar-refractivity contribution in [1.29, 1.82) is 5.26 Å². The SMILES string of the molecule is N#Cc1ccnc(-c2cccc(C(F)(F)F)c2)c1N. The normalized spacial score (nSPS) is 11.1. The number of hydrogen-bond acceptors (Lipinski definition) is 3. The van der Waals surface area contributed by atoms with E-state index in [0.717, 1.165) is 12.1 Å². The average molecular weight is 263 g/mol. The first-order valence-corrected chi connectivity index (χ1v) is 5.25. The van der Waals surface area contributed by atoms with E-state index in [1.807, 2.05) is 6.07 Å². The van der Waals surface area contributed by atoms with Crippen molar-refractivity contribution in [2.75, 3.05) is 5.73 Å². The molecule has 0 unspecified atom stereocenters. The van der Waals surface area contributed by atoms with Crippen molar-refractivity contribution in [3.05, 3.63) is 47.7 Å². The number of anilines is 1. The largest absolute Gasteiger partial charge is 0.416 e. The van der Waals surface area contributed by atoms with Gasteiger partial charge >= 0.3 is 6.18 Å². The van der Waals surface area contributed by atoms with E-state index in [1.165, 1.54) is 24.4 Å². The zero-order valence-electron chi connectivity index (χ0n) is 9.57.